The maximum Gasteiger partial charge on any atom is 0.187 e. The van der Waals surface area contributed by atoms with E-state index in [1.54, 1.807) is 0 Å². The molecule has 26 heteroatoms. The molecule has 5 fully saturated rings. The zero-order valence-electron chi connectivity index (χ0n) is 29.2. The highest BCUT2D eigenvalue weighted by Gasteiger charge is 2.56. The van der Waals surface area contributed by atoms with E-state index < -0.39 is 187 Å². The molecule has 5 rings (SSSR count). The average Bonchev–Trinajstić information content (AvgIpc) is 3.19. The maximum atomic E-state index is 11.1. The van der Waals surface area contributed by atoms with Crippen LogP contribution < -0.4 is 0 Å². The van der Waals surface area contributed by atoms with Crippen molar-refractivity contribution < 1.29 is 129 Å². The highest BCUT2D eigenvalue weighted by molar-refractivity contribution is 4.99. The zero-order valence-corrected chi connectivity index (χ0v) is 29.2. The van der Waals surface area contributed by atoms with Crippen LogP contribution >= 0.6 is 0 Å². The fraction of sp³-hybridized carbons (Fsp3) is 1.00. The van der Waals surface area contributed by atoms with Crippen molar-refractivity contribution in [2.45, 2.75) is 154 Å². The van der Waals surface area contributed by atoms with Crippen LogP contribution in [-0.4, -0.2) is 273 Å². The third-order valence-electron chi connectivity index (χ3n) is 10.3. The van der Waals surface area contributed by atoms with Gasteiger partial charge in [0, 0.05) is 0 Å². The molecular weight excluding hydrogens is 776 g/mol. The van der Waals surface area contributed by atoms with Gasteiger partial charge in [0.1, 0.15) is 122 Å². The smallest absolute Gasteiger partial charge is 0.187 e. The monoisotopic (exact) mass is 828 g/mol. The van der Waals surface area contributed by atoms with Crippen LogP contribution in [0.25, 0.3) is 0 Å². The first-order valence-corrected chi connectivity index (χ1v) is 17.6. The van der Waals surface area contributed by atoms with Gasteiger partial charge in [0.05, 0.1) is 33.0 Å². The predicted octanol–water partition coefficient (Wildman–Crippen LogP) is -11.9. The van der Waals surface area contributed by atoms with Crippen LogP contribution in [0.3, 0.4) is 0 Å². The Kier molecular flexibility index (Phi) is 16.1. The molecule has 5 saturated heterocycles. The molecule has 0 aromatic rings. The number of aliphatic hydroxyl groups excluding tert-OH is 17. The standard InChI is InChI=1S/C30H52O26/c31-1-6-11(36)12(37)18(43)27(49-6)54-23-8(3-33)51-29(20(45)14(23)39)56-25-10(5-35)52-30(21(46)16(25)41)55-24-9(4-34)50-28(19(44)15(24)40)53-22-7(2-32)48-26(47)17(42)13(22)38/h6-47H,1-5H2/t6-,7-,8-,9-,10-,11-,12+,13-,14-,15-,16-,17-,18-,19-,20-,21-,22-,23-,24-,25+,26-,27+,28+,29+,30+/m1/s1. The molecule has 0 saturated carbocycles. The molecule has 0 amide bonds. The predicted molar refractivity (Wildman–Crippen MR) is 167 cm³/mol. The first-order valence-electron chi connectivity index (χ1n) is 17.6. The topological polar surface area (TPSA) is 427 Å². The van der Waals surface area contributed by atoms with Gasteiger partial charge in [-0.25, -0.2) is 0 Å². The second-order valence-corrected chi connectivity index (χ2v) is 13.9. The molecule has 17 N–H and O–H groups in total. The van der Waals surface area contributed by atoms with Crippen LogP contribution in [0.15, 0.2) is 0 Å². The highest BCUT2D eigenvalue weighted by atomic mass is 16.8. The first kappa shape index (κ1) is 46.0. The molecule has 0 radical (unpaired) electrons. The molecule has 0 aromatic carbocycles. The molecular formula is C30H52O26. The lowest BCUT2D eigenvalue weighted by Gasteiger charge is -2.49. The van der Waals surface area contributed by atoms with E-state index >= 15 is 0 Å². The number of aliphatic hydroxyl groups is 17. The molecule has 26 nitrogen and oxygen atoms in total. The van der Waals surface area contributed by atoms with Gasteiger partial charge >= 0.3 is 0 Å². The third-order valence-corrected chi connectivity index (χ3v) is 10.3. The van der Waals surface area contributed by atoms with E-state index in [2.05, 4.69) is 0 Å². The van der Waals surface area contributed by atoms with Crippen molar-refractivity contribution in [3.05, 3.63) is 0 Å². The summed E-state index contributed by atoms with van der Waals surface area (Å²) in [5.41, 5.74) is 0. The Balaban J connectivity index is 1.22. The van der Waals surface area contributed by atoms with E-state index in [0.29, 0.717) is 0 Å². The number of hydrogen-bond donors (Lipinski definition) is 17. The van der Waals surface area contributed by atoms with E-state index in [4.69, 9.17) is 42.6 Å². The molecule has 0 spiro atoms. The van der Waals surface area contributed by atoms with E-state index in [0.717, 1.165) is 0 Å². The van der Waals surface area contributed by atoms with Gasteiger partial charge in [-0.3, -0.25) is 0 Å². The summed E-state index contributed by atoms with van der Waals surface area (Å²) in [6, 6.07) is 0. The largest absolute Gasteiger partial charge is 0.394 e. The fourth-order valence-corrected chi connectivity index (χ4v) is 7.03. The molecule has 0 aromatic heterocycles. The summed E-state index contributed by atoms with van der Waals surface area (Å²) in [5, 5.41) is 176. The Morgan fingerprint density at radius 1 is 0.268 bits per heavy atom. The van der Waals surface area contributed by atoms with Crippen LogP contribution in [0.4, 0.5) is 0 Å². The Morgan fingerprint density at radius 3 is 0.821 bits per heavy atom. The van der Waals surface area contributed by atoms with Gasteiger partial charge in [0.25, 0.3) is 0 Å². The van der Waals surface area contributed by atoms with Crippen LogP contribution in [-0.2, 0) is 42.6 Å². The Morgan fingerprint density at radius 2 is 0.518 bits per heavy atom. The lowest BCUT2D eigenvalue weighted by Crippen LogP contribution is -2.68. The lowest BCUT2D eigenvalue weighted by molar-refractivity contribution is -0.392. The molecule has 0 bridgehead atoms. The van der Waals surface area contributed by atoms with Crippen molar-refractivity contribution in [3.8, 4) is 0 Å². The first-order chi connectivity index (χ1) is 26.5. The lowest BCUT2D eigenvalue weighted by atomic mass is 9.95. The molecule has 328 valence electrons. The minimum atomic E-state index is -2.12. The number of ether oxygens (including phenoxy) is 9. The Bertz CT molecular complexity index is 1200. The number of hydrogen-bond acceptors (Lipinski definition) is 26. The molecule has 5 heterocycles. The highest BCUT2D eigenvalue weighted by Crippen LogP contribution is 2.35. The van der Waals surface area contributed by atoms with Gasteiger partial charge in [0.2, 0.25) is 0 Å². The summed E-state index contributed by atoms with van der Waals surface area (Å²) >= 11 is 0. The zero-order chi connectivity index (χ0) is 41.3. The third kappa shape index (κ3) is 9.16. The quantitative estimate of drug-likeness (QED) is 0.0819. The minimum absolute atomic E-state index is 0.811. The summed E-state index contributed by atoms with van der Waals surface area (Å²) in [5.74, 6) is 0. The van der Waals surface area contributed by atoms with Gasteiger partial charge in [-0.05, 0) is 0 Å². The summed E-state index contributed by atoms with van der Waals surface area (Å²) in [7, 11) is 0. The molecule has 56 heavy (non-hydrogen) atoms. The van der Waals surface area contributed by atoms with Crippen LogP contribution in [0.2, 0.25) is 0 Å². The molecule has 0 unspecified atom stereocenters. The van der Waals surface area contributed by atoms with E-state index in [-0.39, 0.29) is 0 Å². The molecule has 0 aliphatic carbocycles. The van der Waals surface area contributed by atoms with Gasteiger partial charge in [-0.2, -0.15) is 0 Å². The van der Waals surface area contributed by atoms with Crippen LogP contribution in [0, 0.1) is 0 Å². The summed E-state index contributed by atoms with van der Waals surface area (Å²) in [4.78, 5) is 0. The normalized spacial score (nSPS) is 53.2. The summed E-state index contributed by atoms with van der Waals surface area (Å²) in [6.45, 7) is -4.51. The van der Waals surface area contributed by atoms with Crippen molar-refractivity contribution in [1.82, 2.24) is 0 Å². The fourth-order valence-electron chi connectivity index (χ4n) is 7.03. The van der Waals surface area contributed by atoms with Gasteiger partial charge in [-0.15, -0.1) is 0 Å². The van der Waals surface area contributed by atoms with Gasteiger partial charge < -0.3 is 129 Å². The summed E-state index contributed by atoms with van der Waals surface area (Å²) in [6.07, 6.45) is -45.8. The Labute approximate surface area is 316 Å². The van der Waals surface area contributed by atoms with E-state index in [1.165, 1.54) is 0 Å². The van der Waals surface area contributed by atoms with Crippen LogP contribution in [0.5, 0.6) is 0 Å². The van der Waals surface area contributed by atoms with Crippen LogP contribution in [0.1, 0.15) is 0 Å². The van der Waals surface area contributed by atoms with Crippen molar-refractivity contribution in [3.63, 3.8) is 0 Å². The van der Waals surface area contributed by atoms with Crippen molar-refractivity contribution >= 4 is 0 Å². The second kappa shape index (κ2) is 19.6. The molecule has 25 atom stereocenters. The minimum Gasteiger partial charge on any atom is -0.394 e. The van der Waals surface area contributed by atoms with Gasteiger partial charge in [0.15, 0.2) is 31.5 Å². The average molecular weight is 829 g/mol. The molecule has 5 aliphatic rings. The SMILES string of the molecule is OC[C@H]1O[C@@H](O[C@H]2[C@H](O)[C@@H](O)[C@H](O[C@@H]3[C@H](O)[C@@H](O)[C@H](O[C@H]4[C@H](O)[C@@H](O)[C@H](O[C@H]5[C@H](O)[C@@H](O)[C@H](O)O[C@@H]5CO)O[C@@H]4CO)O[C@@H]3CO)O[C@@H]2CO)[C@H](O)[C@@H](O)[C@@H]1O. The van der Waals surface area contributed by atoms with Gasteiger partial charge in [-0.1, -0.05) is 0 Å². The van der Waals surface area contributed by atoms with E-state index in [1.807, 2.05) is 0 Å². The summed E-state index contributed by atoms with van der Waals surface area (Å²) < 4.78 is 49.1. The second-order valence-electron chi connectivity index (χ2n) is 13.9. The molecule has 5 aliphatic heterocycles. The van der Waals surface area contributed by atoms with Crippen molar-refractivity contribution in [2.75, 3.05) is 33.0 Å². The number of rotatable bonds is 13. The Hall–Kier alpha value is -1.04. The maximum absolute atomic E-state index is 11.1. The van der Waals surface area contributed by atoms with E-state index in [9.17, 15) is 86.8 Å². The van der Waals surface area contributed by atoms with Crippen molar-refractivity contribution in [1.29, 1.82) is 0 Å². The van der Waals surface area contributed by atoms with Crippen molar-refractivity contribution in [2.24, 2.45) is 0 Å².